The number of carbonyl (C=O) groups excluding carboxylic acids is 1. The Hall–Kier alpha value is -2.22. The van der Waals surface area contributed by atoms with E-state index >= 15 is 0 Å². The second-order valence-electron chi connectivity index (χ2n) is 7.51. The highest BCUT2D eigenvalue weighted by atomic mass is 35.5. The molecule has 2 heterocycles. The van der Waals surface area contributed by atoms with Gasteiger partial charge in [-0.2, -0.15) is 0 Å². The van der Waals surface area contributed by atoms with Crippen LogP contribution in [-0.2, 0) is 4.79 Å². The van der Waals surface area contributed by atoms with Crippen molar-refractivity contribution in [1.82, 2.24) is 4.90 Å². The van der Waals surface area contributed by atoms with Crippen molar-refractivity contribution >= 4 is 45.7 Å². The Morgan fingerprint density at radius 3 is 2.47 bits per heavy atom. The fourth-order valence-electron chi connectivity index (χ4n) is 3.48. The Balaban J connectivity index is 1.50. The third kappa shape index (κ3) is 4.91. The number of piperidine rings is 1. The van der Waals surface area contributed by atoms with Crippen LogP contribution in [0.2, 0.25) is 5.02 Å². The maximum atomic E-state index is 13.4. The number of thioether (sulfide) groups is 1. The summed E-state index contributed by atoms with van der Waals surface area (Å²) in [5, 5.41) is 4.21. The number of anilines is 1. The van der Waals surface area contributed by atoms with Crippen LogP contribution in [-0.4, -0.2) is 53.1 Å². The highest BCUT2D eigenvalue weighted by molar-refractivity contribution is 8.16. The summed E-state index contributed by atoms with van der Waals surface area (Å²) in [7, 11) is 2.09. The molecule has 5 nitrogen and oxygen atoms in total. The first kappa shape index (κ1) is 21.0. The molecule has 1 N–H and O–H groups in total. The van der Waals surface area contributed by atoms with Crippen molar-refractivity contribution in [2.24, 2.45) is 9.98 Å². The van der Waals surface area contributed by atoms with E-state index in [1.54, 1.807) is 36.4 Å². The lowest BCUT2D eigenvalue weighted by Gasteiger charge is -2.33. The monoisotopic (exact) mass is 444 g/mol. The number of aliphatic imine (C=N–C) groups is 2. The predicted molar refractivity (Wildman–Crippen MR) is 122 cm³/mol. The van der Waals surface area contributed by atoms with E-state index < -0.39 is 5.66 Å². The number of rotatable bonds is 4. The Bertz CT molecular complexity index is 983. The van der Waals surface area contributed by atoms with E-state index in [1.807, 2.05) is 0 Å². The maximum Gasteiger partial charge on any atom is 0.234 e. The molecule has 4 rings (SSSR count). The van der Waals surface area contributed by atoms with Crippen molar-refractivity contribution in [3.05, 3.63) is 64.9 Å². The minimum Gasteiger partial charge on any atom is -0.325 e. The molecule has 1 amide bonds. The van der Waals surface area contributed by atoms with Gasteiger partial charge in [0.2, 0.25) is 5.91 Å². The van der Waals surface area contributed by atoms with Gasteiger partial charge in [0.1, 0.15) is 10.9 Å². The van der Waals surface area contributed by atoms with Gasteiger partial charge in [0, 0.05) is 42.2 Å². The summed E-state index contributed by atoms with van der Waals surface area (Å²) in [6, 6.07) is 13.3. The minimum absolute atomic E-state index is 0.132. The molecule has 0 radical (unpaired) electrons. The van der Waals surface area contributed by atoms with Gasteiger partial charge in [-0.05, 0) is 55.6 Å². The number of likely N-dealkylation sites (tertiary alicyclic amines) is 1. The molecule has 2 aromatic carbocycles. The molecule has 0 aliphatic carbocycles. The number of halogens is 2. The standard InChI is InChI=1S/C22H22ClFN4OS/c1-28-12-10-22(11-13-28)26-20(15-2-6-17(24)7-3-15)21(27-22)30-14-19(29)25-18-8-4-16(23)5-9-18/h2-9H,10-14H2,1H3,(H,25,29). The lowest BCUT2D eigenvalue weighted by Crippen LogP contribution is -2.39. The lowest BCUT2D eigenvalue weighted by atomic mass is 9.99. The van der Waals surface area contributed by atoms with Crippen LogP contribution in [0.4, 0.5) is 10.1 Å². The molecule has 1 spiro atoms. The Morgan fingerprint density at radius 1 is 1.13 bits per heavy atom. The first-order valence-electron chi connectivity index (χ1n) is 9.75. The summed E-state index contributed by atoms with van der Waals surface area (Å²) in [5.41, 5.74) is 1.77. The van der Waals surface area contributed by atoms with Crippen LogP contribution < -0.4 is 5.32 Å². The number of benzene rings is 2. The van der Waals surface area contributed by atoms with Crippen molar-refractivity contribution < 1.29 is 9.18 Å². The van der Waals surface area contributed by atoms with Crippen LogP contribution in [0, 0.1) is 5.82 Å². The van der Waals surface area contributed by atoms with Crippen LogP contribution in [0.25, 0.3) is 0 Å². The third-order valence-corrected chi connectivity index (χ3v) is 6.42. The molecule has 30 heavy (non-hydrogen) atoms. The first-order chi connectivity index (χ1) is 14.4. The van der Waals surface area contributed by atoms with Gasteiger partial charge in [-0.15, -0.1) is 0 Å². The summed E-state index contributed by atoms with van der Waals surface area (Å²) in [6.07, 6.45) is 1.66. The average molecular weight is 445 g/mol. The largest absolute Gasteiger partial charge is 0.325 e. The van der Waals surface area contributed by atoms with E-state index in [1.165, 1.54) is 23.9 Å². The smallest absolute Gasteiger partial charge is 0.234 e. The number of nitrogens with one attached hydrogen (secondary N) is 1. The molecular weight excluding hydrogens is 423 g/mol. The number of amides is 1. The first-order valence-corrected chi connectivity index (χ1v) is 11.1. The Labute approximate surface area is 184 Å². The molecule has 2 aromatic rings. The summed E-state index contributed by atoms with van der Waals surface area (Å²) < 4.78 is 13.4. The number of nitrogens with zero attached hydrogens (tertiary/aromatic N) is 3. The summed E-state index contributed by atoms with van der Waals surface area (Å²) in [4.78, 5) is 24.6. The second kappa shape index (κ2) is 8.88. The molecule has 8 heteroatoms. The fourth-order valence-corrected chi connectivity index (χ4v) is 4.48. The zero-order chi connectivity index (χ0) is 21.1. The SMILES string of the molecule is CN1CCC2(CC1)N=C(SCC(=O)Nc1ccc(Cl)cc1)C(c1ccc(F)cc1)=N2. The molecule has 156 valence electrons. The van der Waals surface area contributed by atoms with E-state index in [0.29, 0.717) is 10.7 Å². The van der Waals surface area contributed by atoms with E-state index in [-0.39, 0.29) is 17.5 Å². The van der Waals surface area contributed by atoms with Gasteiger partial charge in [-0.25, -0.2) is 9.38 Å². The van der Waals surface area contributed by atoms with Crippen LogP contribution in [0.5, 0.6) is 0 Å². The molecule has 0 aromatic heterocycles. The van der Waals surface area contributed by atoms with Crippen LogP contribution in [0.3, 0.4) is 0 Å². The normalized spacial score (nSPS) is 18.2. The molecule has 1 saturated heterocycles. The quantitative estimate of drug-likeness (QED) is 0.756. The van der Waals surface area contributed by atoms with Crippen molar-refractivity contribution in [2.75, 3.05) is 31.2 Å². The van der Waals surface area contributed by atoms with Crippen molar-refractivity contribution in [3.63, 3.8) is 0 Å². The third-order valence-electron chi connectivity index (χ3n) is 5.21. The number of hydrogen-bond donors (Lipinski definition) is 1. The zero-order valence-corrected chi connectivity index (χ0v) is 18.1. The Morgan fingerprint density at radius 2 is 1.80 bits per heavy atom. The van der Waals surface area contributed by atoms with Crippen molar-refractivity contribution in [3.8, 4) is 0 Å². The number of carbonyl (C=O) groups is 1. The van der Waals surface area contributed by atoms with E-state index in [2.05, 4.69) is 17.3 Å². The van der Waals surface area contributed by atoms with Gasteiger partial charge in [-0.1, -0.05) is 23.4 Å². The maximum absolute atomic E-state index is 13.4. The van der Waals surface area contributed by atoms with Crippen LogP contribution in [0.15, 0.2) is 58.5 Å². The molecule has 0 saturated carbocycles. The average Bonchev–Trinajstić information content (AvgIpc) is 3.09. The summed E-state index contributed by atoms with van der Waals surface area (Å²) in [6.45, 7) is 1.83. The summed E-state index contributed by atoms with van der Waals surface area (Å²) in [5.74, 6) is -0.217. The van der Waals surface area contributed by atoms with Gasteiger partial charge in [-0.3, -0.25) is 9.79 Å². The molecule has 0 bridgehead atoms. The van der Waals surface area contributed by atoms with Crippen LogP contribution in [0.1, 0.15) is 18.4 Å². The molecule has 0 unspecified atom stereocenters. The number of hydrogen-bond acceptors (Lipinski definition) is 5. The van der Waals surface area contributed by atoms with E-state index in [4.69, 9.17) is 21.6 Å². The topological polar surface area (TPSA) is 57.1 Å². The highest BCUT2D eigenvalue weighted by Crippen LogP contribution is 2.35. The van der Waals surface area contributed by atoms with E-state index in [9.17, 15) is 9.18 Å². The van der Waals surface area contributed by atoms with Gasteiger partial charge in [0.05, 0.1) is 11.5 Å². The predicted octanol–water partition coefficient (Wildman–Crippen LogP) is 4.47. The van der Waals surface area contributed by atoms with Crippen molar-refractivity contribution in [2.45, 2.75) is 18.5 Å². The molecular formula is C22H22ClFN4OS. The molecule has 0 atom stereocenters. The fraction of sp³-hybridized carbons (Fsp3) is 0.318. The zero-order valence-electron chi connectivity index (χ0n) is 16.6. The Kier molecular flexibility index (Phi) is 6.22. The highest BCUT2D eigenvalue weighted by Gasteiger charge is 2.39. The van der Waals surface area contributed by atoms with Gasteiger partial charge in [0.25, 0.3) is 0 Å². The van der Waals surface area contributed by atoms with E-state index in [0.717, 1.165) is 42.3 Å². The van der Waals surface area contributed by atoms with Crippen molar-refractivity contribution in [1.29, 1.82) is 0 Å². The molecule has 2 aliphatic heterocycles. The van der Waals surface area contributed by atoms with Gasteiger partial charge in [0.15, 0.2) is 5.66 Å². The van der Waals surface area contributed by atoms with Gasteiger partial charge < -0.3 is 10.2 Å². The molecule has 2 aliphatic rings. The van der Waals surface area contributed by atoms with Crippen LogP contribution >= 0.6 is 23.4 Å². The van der Waals surface area contributed by atoms with Gasteiger partial charge >= 0.3 is 0 Å². The lowest BCUT2D eigenvalue weighted by molar-refractivity contribution is -0.113. The summed E-state index contributed by atoms with van der Waals surface area (Å²) >= 11 is 7.25. The second-order valence-corrected chi connectivity index (χ2v) is 8.91. The molecule has 1 fully saturated rings. The minimum atomic E-state index is -0.481.